The number of hydrogen-bond acceptors (Lipinski definition) is 3. The lowest BCUT2D eigenvalue weighted by molar-refractivity contribution is -0.146. The Kier molecular flexibility index (Phi) is 5.15. The molecule has 0 aliphatic carbocycles. The molecule has 1 aromatic carbocycles. The van der Waals surface area contributed by atoms with Gasteiger partial charge in [0.05, 0.1) is 7.11 Å². The van der Waals surface area contributed by atoms with Gasteiger partial charge in [0, 0.05) is 13.6 Å². The van der Waals surface area contributed by atoms with Gasteiger partial charge in [-0.05, 0) is 70.6 Å². The number of carbonyl (C=O) groups is 2. The van der Waals surface area contributed by atoms with Gasteiger partial charge in [0.15, 0.2) is 0 Å². The van der Waals surface area contributed by atoms with Crippen LogP contribution in [0, 0.1) is 3.57 Å². The van der Waals surface area contributed by atoms with Crippen LogP contribution in [0.5, 0.6) is 0 Å². The van der Waals surface area contributed by atoms with Gasteiger partial charge in [-0.1, -0.05) is 0 Å². The van der Waals surface area contributed by atoms with E-state index in [9.17, 15) is 9.59 Å². The Bertz CT molecular complexity index is 488. The third-order valence-corrected chi connectivity index (χ3v) is 4.64. The summed E-state index contributed by atoms with van der Waals surface area (Å²) in [6.07, 6.45) is 0. The van der Waals surface area contributed by atoms with Gasteiger partial charge in [-0.3, -0.25) is 4.79 Å². The summed E-state index contributed by atoms with van der Waals surface area (Å²) in [5, 5.41) is 2.63. The quantitative estimate of drug-likeness (QED) is 0.598. The van der Waals surface area contributed by atoms with E-state index >= 15 is 0 Å². The van der Waals surface area contributed by atoms with Crippen molar-refractivity contribution in [2.75, 3.05) is 7.11 Å². The molecule has 0 aromatic heterocycles. The van der Waals surface area contributed by atoms with Crippen LogP contribution in [0.15, 0.2) is 22.7 Å². The van der Waals surface area contributed by atoms with Crippen molar-refractivity contribution < 1.29 is 14.3 Å². The Labute approximate surface area is 128 Å². The fourth-order valence-electron chi connectivity index (χ4n) is 1.30. The predicted molar refractivity (Wildman–Crippen MR) is 80.4 cm³/mol. The van der Waals surface area contributed by atoms with Crippen LogP contribution in [0.1, 0.15) is 24.2 Å². The minimum atomic E-state index is -1.05. The Morgan fingerprint density at radius 1 is 1.39 bits per heavy atom. The lowest BCUT2D eigenvalue weighted by Crippen LogP contribution is -2.50. The van der Waals surface area contributed by atoms with E-state index in [-0.39, 0.29) is 5.91 Å². The van der Waals surface area contributed by atoms with E-state index in [0.717, 1.165) is 8.04 Å². The van der Waals surface area contributed by atoms with Gasteiger partial charge in [0.2, 0.25) is 0 Å². The van der Waals surface area contributed by atoms with Crippen LogP contribution in [0.3, 0.4) is 0 Å². The number of carbonyl (C=O) groups excluding carboxylic acids is 2. The molecule has 0 unspecified atom stereocenters. The molecular formula is C12H13BrINO3. The van der Waals surface area contributed by atoms with Crippen molar-refractivity contribution in [1.82, 2.24) is 5.32 Å². The molecule has 6 heteroatoms. The lowest BCUT2D eigenvalue weighted by atomic mass is 10.1. The molecule has 0 fully saturated rings. The number of hydrogen-bond donors (Lipinski definition) is 1. The smallest absolute Gasteiger partial charge is 0.330 e. The van der Waals surface area contributed by atoms with Gasteiger partial charge >= 0.3 is 5.97 Å². The first-order valence-electron chi connectivity index (χ1n) is 5.14. The summed E-state index contributed by atoms with van der Waals surface area (Å²) in [6.45, 7) is 3.19. The summed E-state index contributed by atoms with van der Waals surface area (Å²) in [7, 11) is 1.29. The van der Waals surface area contributed by atoms with Crippen LogP contribution in [0.25, 0.3) is 0 Å². The molecule has 98 valence electrons. The molecule has 0 spiro atoms. The first kappa shape index (κ1) is 15.4. The average molecular weight is 426 g/mol. The van der Waals surface area contributed by atoms with Crippen molar-refractivity contribution in [1.29, 1.82) is 0 Å². The molecular weight excluding hydrogens is 413 g/mol. The molecule has 1 N–H and O–H groups in total. The average Bonchev–Trinajstić information content (AvgIpc) is 2.30. The molecule has 1 amide bonds. The molecule has 0 bridgehead atoms. The first-order chi connectivity index (χ1) is 8.27. The molecule has 1 aromatic rings. The highest BCUT2D eigenvalue weighted by molar-refractivity contribution is 14.1. The number of esters is 1. The van der Waals surface area contributed by atoms with Crippen molar-refractivity contribution in [2.45, 2.75) is 19.4 Å². The maximum Gasteiger partial charge on any atom is 0.330 e. The van der Waals surface area contributed by atoms with Gasteiger partial charge < -0.3 is 10.1 Å². The monoisotopic (exact) mass is 425 g/mol. The maximum absolute atomic E-state index is 12.0. The number of methoxy groups -OCH3 is 1. The van der Waals surface area contributed by atoms with Crippen molar-refractivity contribution >= 4 is 50.4 Å². The molecule has 0 saturated heterocycles. The van der Waals surface area contributed by atoms with Gasteiger partial charge in [0.1, 0.15) is 5.54 Å². The Morgan fingerprint density at radius 3 is 2.50 bits per heavy atom. The van der Waals surface area contributed by atoms with Crippen LogP contribution < -0.4 is 5.32 Å². The molecule has 0 aliphatic heterocycles. The minimum Gasteiger partial charge on any atom is -0.467 e. The van der Waals surface area contributed by atoms with Crippen LogP contribution in [-0.2, 0) is 9.53 Å². The molecule has 0 saturated carbocycles. The van der Waals surface area contributed by atoms with E-state index in [1.165, 1.54) is 7.11 Å². The zero-order valence-corrected chi connectivity index (χ0v) is 14.0. The standard InChI is InChI=1S/C12H13BrINO3/c1-12(2,11(17)18-3)15-10(16)7-4-5-9(14)8(13)6-7/h4-6H,1-3H3,(H,15,16). The summed E-state index contributed by atoms with van der Waals surface area (Å²) in [5.41, 5.74) is -0.569. The summed E-state index contributed by atoms with van der Waals surface area (Å²) in [4.78, 5) is 23.5. The minimum absolute atomic E-state index is 0.317. The fourth-order valence-corrected chi connectivity index (χ4v) is 2.01. The number of amides is 1. The van der Waals surface area contributed by atoms with Gasteiger partial charge in [0.25, 0.3) is 5.91 Å². The van der Waals surface area contributed by atoms with E-state index in [1.807, 2.05) is 6.07 Å². The number of halogens is 2. The van der Waals surface area contributed by atoms with Crippen LogP contribution in [0.4, 0.5) is 0 Å². The molecule has 0 heterocycles. The topological polar surface area (TPSA) is 55.4 Å². The van der Waals surface area contributed by atoms with Gasteiger partial charge in [-0.2, -0.15) is 0 Å². The van der Waals surface area contributed by atoms with E-state index in [1.54, 1.807) is 26.0 Å². The number of rotatable bonds is 3. The third-order valence-electron chi connectivity index (χ3n) is 2.30. The third kappa shape index (κ3) is 3.68. The highest BCUT2D eigenvalue weighted by Crippen LogP contribution is 2.20. The highest BCUT2D eigenvalue weighted by atomic mass is 127. The Hall–Kier alpha value is -0.630. The molecule has 0 aliphatic rings. The Morgan fingerprint density at radius 2 is 2.00 bits per heavy atom. The van der Waals surface area contributed by atoms with E-state index in [0.29, 0.717) is 5.56 Å². The molecule has 0 radical (unpaired) electrons. The summed E-state index contributed by atoms with van der Waals surface area (Å²) >= 11 is 5.51. The van der Waals surface area contributed by atoms with Gasteiger partial charge in [-0.25, -0.2) is 4.79 Å². The second-order valence-corrected chi connectivity index (χ2v) is 6.22. The molecule has 0 atom stereocenters. The van der Waals surface area contributed by atoms with Crippen molar-refractivity contribution in [3.05, 3.63) is 31.8 Å². The highest BCUT2D eigenvalue weighted by Gasteiger charge is 2.30. The Balaban J connectivity index is 2.89. The SMILES string of the molecule is COC(=O)C(C)(C)NC(=O)c1ccc(I)c(Br)c1. The first-order valence-corrected chi connectivity index (χ1v) is 7.01. The van der Waals surface area contributed by atoms with Crippen LogP contribution in [0.2, 0.25) is 0 Å². The summed E-state index contributed by atoms with van der Waals surface area (Å²) in [6, 6.07) is 5.24. The fraction of sp³-hybridized carbons (Fsp3) is 0.333. The normalized spacial score (nSPS) is 10.9. The van der Waals surface area contributed by atoms with Crippen molar-refractivity contribution in [2.24, 2.45) is 0 Å². The number of nitrogens with one attached hydrogen (secondary N) is 1. The predicted octanol–water partition coefficient (Wildman–Crippen LogP) is 2.74. The number of ether oxygens (including phenoxy) is 1. The molecule has 18 heavy (non-hydrogen) atoms. The van der Waals surface area contributed by atoms with Crippen molar-refractivity contribution in [3.63, 3.8) is 0 Å². The van der Waals surface area contributed by atoms with E-state index in [4.69, 9.17) is 0 Å². The maximum atomic E-state index is 12.0. The lowest BCUT2D eigenvalue weighted by Gasteiger charge is -2.23. The van der Waals surface area contributed by atoms with E-state index in [2.05, 4.69) is 48.6 Å². The van der Waals surface area contributed by atoms with Crippen LogP contribution in [-0.4, -0.2) is 24.5 Å². The molecule has 4 nitrogen and oxygen atoms in total. The van der Waals surface area contributed by atoms with Crippen molar-refractivity contribution in [3.8, 4) is 0 Å². The zero-order chi connectivity index (χ0) is 13.9. The van der Waals surface area contributed by atoms with Crippen LogP contribution >= 0.6 is 38.5 Å². The van der Waals surface area contributed by atoms with E-state index < -0.39 is 11.5 Å². The zero-order valence-electron chi connectivity index (χ0n) is 10.2. The van der Waals surface area contributed by atoms with Gasteiger partial charge in [-0.15, -0.1) is 0 Å². The summed E-state index contributed by atoms with van der Waals surface area (Å²) in [5.74, 6) is -0.803. The largest absolute Gasteiger partial charge is 0.467 e. The second-order valence-electron chi connectivity index (χ2n) is 4.20. The molecule has 1 rings (SSSR count). The summed E-state index contributed by atoms with van der Waals surface area (Å²) < 4.78 is 6.48. The number of benzene rings is 1. The second kappa shape index (κ2) is 6.01.